The summed E-state index contributed by atoms with van der Waals surface area (Å²) in [5.41, 5.74) is 3.05. The standard InChI is InChI=1S/C27H31BrO4/c1-18-7-4-5-9-21-10-6-8-19(2)25(21)27(30)32-24(17-20(18)3)15-16-31-26(29)22-11-13-23(28)14-12-22/h4-6,8,10-14,18,20,24H,7,9,15-17H2,1-3H3/b5-4+/t18-,20+,24-/m1/s1. The van der Waals surface area contributed by atoms with Gasteiger partial charge in [-0.25, -0.2) is 9.59 Å². The zero-order valence-electron chi connectivity index (χ0n) is 19.0. The second-order valence-electron chi connectivity index (χ2n) is 8.67. The number of hydrogen-bond acceptors (Lipinski definition) is 4. The summed E-state index contributed by atoms with van der Waals surface area (Å²) >= 11 is 3.36. The fourth-order valence-electron chi connectivity index (χ4n) is 3.98. The van der Waals surface area contributed by atoms with Gasteiger partial charge in [-0.1, -0.05) is 60.1 Å². The Balaban J connectivity index is 1.72. The number of hydrogen-bond donors (Lipinski definition) is 0. The van der Waals surface area contributed by atoms with Gasteiger partial charge in [0.1, 0.15) is 6.10 Å². The lowest BCUT2D eigenvalue weighted by molar-refractivity contribution is 0.0108. The molecule has 0 unspecified atom stereocenters. The van der Waals surface area contributed by atoms with Crippen LogP contribution in [0, 0.1) is 18.8 Å². The van der Waals surface area contributed by atoms with Crippen molar-refractivity contribution < 1.29 is 19.1 Å². The van der Waals surface area contributed by atoms with Crippen molar-refractivity contribution in [1.82, 2.24) is 0 Å². The number of rotatable bonds is 4. The molecule has 2 aromatic rings. The van der Waals surface area contributed by atoms with Gasteiger partial charge in [-0.05, 0) is 73.4 Å². The Morgan fingerprint density at radius 2 is 1.84 bits per heavy atom. The van der Waals surface area contributed by atoms with Gasteiger partial charge in [-0.3, -0.25) is 0 Å². The largest absolute Gasteiger partial charge is 0.462 e. The Kier molecular flexibility index (Phi) is 8.68. The monoisotopic (exact) mass is 498 g/mol. The molecule has 1 aliphatic heterocycles. The summed E-state index contributed by atoms with van der Waals surface area (Å²) in [7, 11) is 0. The number of esters is 2. The van der Waals surface area contributed by atoms with E-state index in [0.717, 1.165) is 28.4 Å². The molecule has 2 aromatic carbocycles. The molecule has 170 valence electrons. The third-order valence-electron chi connectivity index (χ3n) is 6.21. The average Bonchev–Trinajstić information content (AvgIpc) is 2.76. The Morgan fingerprint density at radius 1 is 1.09 bits per heavy atom. The van der Waals surface area contributed by atoms with Gasteiger partial charge < -0.3 is 9.47 Å². The van der Waals surface area contributed by atoms with Crippen LogP contribution in [-0.4, -0.2) is 24.6 Å². The smallest absolute Gasteiger partial charge is 0.338 e. The van der Waals surface area contributed by atoms with Gasteiger partial charge >= 0.3 is 11.9 Å². The number of fused-ring (bicyclic) bond motifs is 1. The van der Waals surface area contributed by atoms with Crippen molar-refractivity contribution in [1.29, 1.82) is 0 Å². The van der Waals surface area contributed by atoms with Gasteiger partial charge in [0.25, 0.3) is 0 Å². The number of aryl methyl sites for hydroxylation is 1. The van der Waals surface area contributed by atoms with Gasteiger partial charge in [0.2, 0.25) is 0 Å². The predicted octanol–water partition coefficient (Wildman–Crippen LogP) is 6.69. The zero-order valence-corrected chi connectivity index (χ0v) is 20.6. The number of carbonyl (C=O) groups is 2. The summed E-state index contributed by atoms with van der Waals surface area (Å²) in [5.74, 6) is 0.172. The molecule has 3 atom stereocenters. The van der Waals surface area contributed by atoms with E-state index in [9.17, 15) is 9.59 Å². The molecule has 0 saturated heterocycles. The van der Waals surface area contributed by atoms with Crippen LogP contribution in [0.4, 0.5) is 0 Å². The molecule has 0 spiro atoms. The number of cyclic esters (lactones) is 1. The minimum Gasteiger partial charge on any atom is -0.462 e. The number of carbonyl (C=O) groups excluding carboxylic acids is 2. The summed E-state index contributed by atoms with van der Waals surface area (Å²) in [6.07, 6.45) is 6.96. The van der Waals surface area contributed by atoms with Crippen LogP contribution in [0.25, 0.3) is 0 Å². The Bertz CT molecular complexity index is 964. The van der Waals surface area contributed by atoms with Gasteiger partial charge in [0.15, 0.2) is 0 Å². The van der Waals surface area contributed by atoms with Crippen molar-refractivity contribution in [3.63, 3.8) is 0 Å². The molecule has 4 nitrogen and oxygen atoms in total. The third kappa shape index (κ3) is 6.55. The molecule has 1 heterocycles. The number of benzene rings is 2. The molecule has 3 rings (SSSR count). The van der Waals surface area contributed by atoms with E-state index >= 15 is 0 Å². The van der Waals surface area contributed by atoms with Crippen LogP contribution in [0.1, 0.15) is 65.0 Å². The normalized spacial score (nSPS) is 22.6. The molecule has 0 aromatic heterocycles. The van der Waals surface area contributed by atoms with Crippen LogP contribution in [0.5, 0.6) is 0 Å². The van der Waals surface area contributed by atoms with Crippen LogP contribution in [0.2, 0.25) is 0 Å². The molecule has 0 bridgehead atoms. The van der Waals surface area contributed by atoms with Crippen LogP contribution >= 0.6 is 15.9 Å². The third-order valence-corrected chi connectivity index (χ3v) is 6.74. The van der Waals surface area contributed by atoms with Gasteiger partial charge in [-0.2, -0.15) is 0 Å². The van der Waals surface area contributed by atoms with Gasteiger partial charge in [-0.15, -0.1) is 0 Å². The number of ether oxygens (including phenoxy) is 2. The second-order valence-corrected chi connectivity index (χ2v) is 9.59. The highest BCUT2D eigenvalue weighted by atomic mass is 79.9. The van der Waals surface area contributed by atoms with E-state index in [1.54, 1.807) is 12.1 Å². The van der Waals surface area contributed by atoms with Gasteiger partial charge in [0, 0.05) is 10.9 Å². The van der Waals surface area contributed by atoms with Crippen molar-refractivity contribution in [2.75, 3.05) is 6.61 Å². The maximum Gasteiger partial charge on any atom is 0.338 e. The van der Waals surface area contributed by atoms with Crippen LogP contribution < -0.4 is 0 Å². The first-order valence-corrected chi connectivity index (χ1v) is 12.0. The summed E-state index contributed by atoms with van der Waals surface area (Å²) in [6.45, 7) is 6.56. The number of halogens is 1. The zero-order chi connectivity index (χ0) is 23.1. The molecule has 0 radical (unpaired) electrons. The lowest BCUT2D eigenvalue weighted by Crippen LogP contribution is -2.26. The van der Waals surface area contributed by atoms with E-state index in [-0.39, 0.29) is 24.6 Å². The minimum atomic E-state index is -0.371. The Morgan fingerprint density at radius 3 is 2.59 bits per heavy atom. The first-order chi connectivity index (χ1) is 15.3. The molecule has 0 N–H and O–H groups in total. The van der Waals surface area contributed by atoms with Crippen molar-refractivity contribution in [3.8, 4) is 0 Å². The van der Waals surface area contributed by atoms with E-state index in [1.807, 2.05) is 37.3 Å². The summed E-state index contributed by atoms with van der Waals surface area (Å²) in [6, 6.07) is 13.0. The summed E-state index contributed by atoms with van der Waals surface area (Å²) < 4.78 is 12.4. The fourth-order valence-corrected chi connectivity index (χ4v) is 4.24. The Hall–Kier alpha value is -2.40. The predicted molar refractivity (Wildman–Crippen MR) is 130 cm³/mol. The average molecular weight is 499 g/mol. The maximum atomic E-state index is 13.1. The lowest BCUT2D eigenvalue weighted by Gasteiger charge is -2.26. The van der Waals surface area contributed by atoms with Crippen molar-refractivity contribution in [2.24, 2.45) is 11.8 Å². The SMILES string of the molecule is Cc1cccc2c1C(=O)O[C@H](CCOC(=O)c1ccc(Br)cc1)C[C@H](C)[C@H](C)C/C=C/C2. The van der Waals surface area contributed by atoms with Crippen molar-refractivity contribution in [3.05, 3.63) is 81.3 Å². The first-order valence-electron chi connectivity index (χ1n) is 11.2. The minimum absolute atomic E-state index is 0.203. The van der Waals surface area contributed by atoms with Crippen molar-refractivity contribution >= 4 is 27.9 Å². The summed E-state index contributed by atoms with van der Waals surface area (Å²) in [5, 5.41) is 0. The van der Waals surface area contributed by atoms with Crippen LogP contribution in [-0.2, 0) is 15.9 Å². The fraction of sp³-hybridized carbons (Fsp3) is 0.407. The van der Waals surface area contributed by atoms with E-state index in [2.05, 4.69) is 41.9 Å². The molecule has 0 fully saturated rings. The first kappa shape index (κ1) is 24.2. The highest BCUT2D eigenvalue weighted by Gasteiger charge is 2.24. The molecular weight excluding hydrogens is 468 g/mol. The van der Waals surface area contributed by atoms with Crippen LogP contribution in [0.3, 0.4) is 0 Å². The molecule has 5 heteroatoms. The highest BCUT2D eigenvalue weighted by molar-refractivity contribution is 9.10. The van der Waals surface area contributed by atoms with Crippen LogP contribution in [0.15, 0.2) is 59.1 Å². The molecule has 32 heavy (non-hydrogen) atoms. The molecule has 0 saturated carbocycles. The Labute approximate surface area is 199 Å². The molecule has 0 aliphatic carbocycles. The summed E-state index contributed by atoms with van der Waals surface area (Å²) in [4.78, 5) is 25.5. The van der Waals surface area contributed by atoms with E-state index in [4.69, 9.17) is 9.47 Å². The topological polar surface area (TPSA) is 52.6 Å². The molecule has 0 amide bonds. The second kappa shape index (κ2) is 11.5. The van der Waals surface area contributed by atoms with E-state index in [0.29, 0.717) is 35.8 Å². The number of allylic oxidation sites excluding steroid dienone is 2. The highest BCUT2D eigenvalue weighted by Crippen LogP contribution is 2.26. The molecule has 1 aliphatic rings. The van der Waals surface area contributed by atoms with E-state index in [1.165, 1.54) is 0 Å². The van der Waals surface area contributed by atoms with Gasteiger partial charge in [0.05, 0.1) is 17.7 Å². The van der Waals surface area contributed by atoms with Crippen molar-refractivity contribution in [2.45, 2.75) is 52.6 Å². The lowest BCUT2D eigenvalue weighted by atomic mass is 9.87. The maximum absolute atomic E-state index is 13.1. The van der Waals surface area contributed by atoms with E-state index < -0.39 is 0 Å². The molecular formula is C27H31BrO4. The quantitative estimate of drug-likeness (QED) is 0.347.